The van der Waals surface area contributed by atoms with Crippen LogP contribution in [0.1, 0.15) is 13.3 Å². The van der Waals surface area contributed by atoms with Gasteiger partial charge in [-0.3, -0.25) is 14.5 Å². The van der Waals surface area contributed by atoms with E-state index in [1.54, 1.807) is 35.8 Å². The largest absolute Gasteiger partial charge is 0.398 e. The van der Waals surface area contributed by atoms with Gasteiger partial charge in [-0.1, -0.05) is 6.92 Å². The number of nitrogen functional groups attached to an aromatic ring is 1. The van der Waals surface area contributed by atoms with E-state index in [2.05, 4.69) is 4.90 Å². The molecule has 0 aromatic carbocycles. The molecule has 6 heteroatoms. The molecule has 1 rings (SSSR count). The number of rotatable bonds is 7. The molecule has 6 nitrogen and oxygen atoms in total. The van der Waals surface area contributed by atoms with E-state index in [0.717, 1.165) is 19.5 Å². The van der Waals surface area contributed by atoms with Crippen molar-refractivity contribution in [3.05, 3.63) is 28.7 Å². The fourth-order valence-electron chi connectivity index (χ4n) is 1.87. The van der Waals surface area contributed by atoms with Crippen molar-refractivity contribution in [2.24, 2.45) is 0 Å². The molecule has 1 heterocycles. The molecule has 1 aromatic heterocycles. The molecule has 2 N–H and O–H groups in total. The van der Waals surface area contributed by atoms with Gasteiger partial charge in [-0.25, -0.2) is 0 Å². The summed E-state index contributed by atoms with van der Waals surface area (Å²) < 4.78 is 1.61. The Bertz CT molecular complexity index is 496. The number of hydrogen-bond donors (Lipinski definition) is 1. The van der Waals surface area contributed by atoms with Gasteiger partial charge in [-0.05, 0) is 19.0 Å². The second-order valence-electron chi connectivity index (χ2n) is 5.00. The normalized spacial score (nSPS) is 10.8. The standard InChI is InChI=1S/C14H24N4O2/c1-4-17(11-14(20)16(2)3)8-5-9-18-10-12(15)6-7-13(18)19/h6-7,10H,4-5,8-9,11,15H2,1-3H3. The molecule has 0 aliphatic heterocycles. The second kappa shape index (κ2) is 7.69. The number of amides is 1. The maximum Gasteiger partial charge on any atom is 0.250 e. The van der Waals surface area contributed by atoms with Gasteiger partial charge in [0.05, 0.1) is 6.54 Å². The smallest absolute Gasteiger partial charge is 0.250 e. The SMILES string of the molecule is CCN(CCCn1cc(N)ccc1=O)CC(=O)N(C)C. The third-order valence-corrected chi connectivity index (χ3v) is 3.18. The number of nitrogens with zero attached hydrogens (tertiary/aromatic N) is 3. The Morgan fingerprint density at radius 2 is 2.05 bits per heavy atom. The van der Waals surface area contributed by atoms with Gasteiger partial charge in [0.1, 0.15) is 0 Å². The number of carbonyl (C=O) groups excluding carboxylic acids is 1. The minimum Gasteiger partial charge on any atom is -0.398 e. The molecule has 0 unspecified atom stereocenters. The van der Waals surface area contributed by atoms with Crippen molar-refractivity contribution in [2.75, 3.05) is 39.5 Å². The number of likely N-dealkylation sites (N-methyl/N-ethyl adjacent to an activating group) is 2. The van der Waals surface area contributed by atoms with Crippen molar-refractivity contribution in [2.45, 2.75) is 19.9 Å². The number of hydrogen-bond acceptors (Lipinski definition) is 4. The minimum atomic E-state index is -0.0494. The Morgan fingerprint density at radius 1 is 1.35 bits per heavy atom. The summed E-state index contributed by atoms with van der Waals surface area (Å²) in [6.45, 7) is 4.63. The fourth-order valence-corrected chi connectivity index (χ4v) is 1.87. The number of pyridine rings is 1. The summed E-state index contributed by atoms with van der Waals surface area (Å²) >= 11 is 0. The summed E-state index contributed by atoms with van der Waals surface area (Å²) in [6, 6.07) is 3.08. The first-order valence-electron chi connectivity index (χ1n) is 6.82. The molecule has 0 saturated heterocycles. The lowest BCUT2D eigenvalue weighted by Gasteiger charge is -2.22. The number of carbonyl (C=O) groups is 1. The Hall–Kier alpha value is -1.82. The average molecular weight is 280 g/mol. The van der Waals surface area contributed by atoms with Crippen LogP contribution in [0, 0.1) is 0 Å². The third kappa shape index (κ3) is 5.05. The Kier molecular flexibility index (Phi) is 6.24. The van der Waals surface area contributed by atoms with Crippen LogP contribution in [0.3, 0.4) is 0 Å². The van der Waals surface area contributed by atoms with Crippen LogP contribution < -0.4 is 11.3 Å². The molecule has 1 aromatic rings. The van der Waals surface area contributed by atoms with E-state index < -0.39 is 0 Å². The highest BCUT2D eigenvalue weighted by atomic mass is 16.2. The zero-order valence-electron chi connectivity index (χ0n) is 12.5. The Labute approximate surface area is 119 Å². The lowest BCUT2D eigenvalue weighted by molar-refractivity contribution is -0.129. The second-order valence-corrected chi connectivity index (χ2v) is 5.00. The monoisotopic (exact) mass is 280 g/mol. The maximum absolute atomic E-state index is 11.7. The van der Waals surface area contributed by atoms with E-state index in [1.165, 1.54) is 6.07 Å². The Morgan fingerprint density at radius 3 is 2.65 bits per heavy atom. The minimum absolute atomic E-state index is 0.0494. The molecule has 20 heavy (non-hydrogen) atoms. The summed E-state index contributed by atoms with van der Waals surface area (Å²) in [6.07, 6.45) is 2.46. The van der Waals surface area contributed by atoms with Gasteiger partial charge in [0, 0.05) is 45.1 Å². The molecule has 0 bridgehead atoms. The predicted octanol–water partition coefficient (Wildman–Crippen LogP) is 0.231. The highest BCUT2D eigenvalue weighted by Crippen LogP contribution is 1.99. The average Bonchev–Trinajstić information content (AvgIpc) is 2.41. The summed E-state index contributed by atoms with van der Waals surface area (Å²) in [5.41, 5.74) is 6.20. The van der Waals surface area contributed by atoms with Gasteiger partial charge < -0.3 is 15.2 Å². The van der Waals surface area contributed by atoms with Crippen LogP contribution in [0.5, 0.6) is 0 Å². The van der Waals surface area contributed by atoms with Crippen molar-refractivity contribution in [3.8, 4) is 0 Å². The molecule has 0 atom stereocenters. The van der Waals surface area contributed by atoms with Crippen LogP contribution in [-0.4, -0.2) is 54.0 Å². The molecule has 0 saturated carbocycles. The first-order valence-corrected chi connectivity index (χ1v) is 6.82. The van der Waals surface area contributed by atoms with Gasteiger partial charge in [0.25, 0.3) is 5.56 Å². The van der Waals surface area contributed by atoms with Gasteiger partial charge in [-0.2, -0.15) is 0 Å². The molecule has 0 aliphatic rings. The molecule has 112 valence electrons. The van der Waals surface area contributed by atoms with E-state index in [9.17, 15) is 9.59 Å². The van der Waals surface area contributed by atoms with E-state index >= 15 is 0 Å². The van der Waals surface area contributed by atoms with Crippen LogP contribution in [0.15, 0.2) is 23.1 Å². The first kappa shape index (κ1) is 16.2. The van der Waals surface area contributed by atoms with E-state index in [4.69, 9.17) is 5.73 Å². The summed E-state index contributed by atoms with van der Waals surface area (Å²) in [5.74, 6) is 0.0907. The van der Waals surface area contributed by atoms with Crippen LogP contribution in [0.25, 0.3) is 0 Å². The fraction of sp³-hybridized carbons (Fsp3) is 0.571. The van der Waals surface area contributed by atoms with Crippen molar-refractivity contribution in [1.82, 2.24) is 14.4 Å². The van der Waals surface area contributed by atoms with Gasteiger partial charge in [-0.15, -0.1) is 0 Å². The van der Waals surface area contributed by atoms with Crippen LogP contribution in [-0.2, 0) is 11.3 Å². The molecular weight excluding hydrogens is 256 g/mol. The molecule has 0 aliphatic carbocycles. The molecule has 1 amide bonds. The zero-order chi connectivity index (χ0) is 15.1. The maximum atomic E-state index is 11.7. The van der Waals surface area contributed by atoms with Crippen molar-refractivity contribution >= 4 is 11.6 Å². The molecule has 0 radical (unpaired) electrons. The van der Waals surface area contributed by atoms with E-state index in [0.29, 0.717) is 18.8 Å². The van der Waals surface area contributed by atoms with Gasteiger partial charge >= 0.3 is 0 Å². The van der Waals surface area contributed by atoms with Gasteiger partial charge in [0.15, 0.2) is 0 Å². The van der Waals surface area contributed by atoms with Gasteiger partial charge in [0.2, 0.25) is 5.91 Å². The zero-order valence-corrected chi connectivity index (χ0v) is 12.5. The quantitative estimate of drug-likeness (QED) is 0.776. The van der Waals surface area contributed by atoms with Crippen LogP contribution in [0.4, 0.5) is 5.69 Å². The number of nitrogens with two attached hydrogens (primary N) is 1. The number of aryl methyl sites for hydroxylation is 1. The van der Waals surface area contributed by atoms with Crippen molar-refractivity contribution < 1.29 is 4.79 Å². The van der Waals surface area contributed by atoms with Crippen molar-refractivity contribution in [3.63, 3.8) is 0 Å². The number of aromatic nitrogens is 1. The molecule has 0 fully saturated rings. The van der Waals surface area contributed by atoms with E-state index in [1.807, 2.05) is 6.92 Å². The highest BCUT2D eigenvalue weighted by Gasteiger charge is 2.10. The first-order chi connectivity index (χ1) is 9.43. The highest BCUT2D eigenvalue weighted by molar-refractivity contribution is 5.77. The van der Waals surface area contributed by atoms with Crippen LogP contribution >= 0.6 is 0 Å². The summed E-state index contributed by atoms with van der Waals surface area (Å²) in [7, 11) is 3.50. The predicted molar refractivity (Wildman–Crippen MR) is 80.5 cm³/mol. The van der Waals surface area contributed by atoms with E-state index in [-0.39, 0.29) is 11.5 Å². The number of anilines is 1. The molecule has 0 spiro atoms. The van der Waals surface area contributed by atoms with Crippen LogP contribution in [0.2, 0.25) is 0 Å². The van der Waals surface area contributed by atoms with Crippen molar-refractivity contribution in [1.29, 1.82) is 0 Å². The topological polar surface area (TPSA) is 71.6 Å². The lowest BCUT2D eigenvalue weighted by Crippen LogP contribution is -2.37. The Balaban J connectivity index is 2.47. The third-order valence-electron chi connectivity index (χ3n) is 3.18. The molecular formula is C14H24N4O2. The summed E-state index contributed by atoms with van der Waals surface area (Å²) in [4.78, 5) is 26.9. The lowest BCUT2D eigenvalue weighted by atomic mass is 10.3. The summed E-state index contributed by atoms with van der Waals surface area (Å²) in [5, 5.41) is 0.